The molecule has 0 fully saturated rings. The topological polar surface area (TPSA) is 54.8 Å². The summed E-state index contributed by atoms with van der Waals surface area (Å²) in [5.74, 6) is 1.36. The van der Waals surface area contributed by atoms with Crippen molar-refractivity contribution in [1.29, 1.82) is 0 Å². The monoisotopic (exact) mass is 425 g/mol. The Morgan fingerprint density at radius 3 is 2.75 bits per heavy atom. The van der Waals surface area contributed by atoms with Gasteiger partial charge in [-0.25, -0.2) is 0 Å². The van der Waals surface area contributed by atoms with E-state index in [2.05, 4.69) is 40.9 Å². The first-order valence-corrected chi connectivity index (χ1v) is 11.2. The van der Waals surface area contributed by atoms with Gasteiger partial charge in [0.1, 0.15) is 11.6 Å². The molecular formula is C27H27N3O2. The summed E-state index contributed by atoms with van der Waals surface area (Å²) in [6, 6.07) is 19.7. The van der Waals surface area contributed by atoms with Crippen molar-refractivity contribution in [3.8, 4) is 17.0 Å². The maximum atomic E-state index is 13.2. The lowest BCUT2D eigenvalue weighted by Gasteiger charge is -2.32. The van der Waals surface area contributed by atoms with E-state index in [1.54, 1.807) is 12.3 Å². The van der Waals surface area contributed by atoms with E-state index in [1.165, 1.54) is 5.56 Å². The Labute approximate surface area is 188 Å². The van der Waals surface area contributed by atoms with Crippen LogP contribution in [0.3, 0.4) is 0 Å². The number of amidine groups is 1. The minimum Gasteiger partial charge on any atom is -0.493 e. The van der Waals surface area contributed by atoms with Gasteiger partial charge in [-0.1, -0.05) is 44.2 Å². The van der Waals surface area contributed by atoms with E-state index < -0.39 is 0 Å². The molecule has 2 aliphatic heterocycles. The van der Waals surface area contributed by atoms with Gasteiger partial charge in [0.15, 0.2) is 0 Å². The molecule has 2 aromatic carbocycles. The third-order valence-corrected chi connectivity index (χ3v) is 6.18. The van der Waals surface area contributed by atoms with Crippen LogP contribution in [0.5, 0.6) is 5.75 Å². The van der Waals surface area contributed by atoms with Crippen molar-refractivity contribution in [2.45, 2.75) is 33.1 Å². The molecule has 0 aliphatic carbocycles. The Hall–Kier alpha value is -3.47. The first-order valence-electron chi connectivity index (χ1n) is 11.2. The number of hydrogen-bond donors (Lipinski definition) is 0. The zero-order valence-electron chi connectivity index (χ0n) is 18.5. The van der Waals surface area contributed by atoms with E-state index in [0.29, 0.717) is 24.3 Å². The Kier molecular flexibility index (Phi) is 5.25. The van der Waals surface area contributed by atoms with Crippen molar-refractivity contribution in [3.63, 3.8) is 0 Å². The fraction of sp³-hybridized carbons (Fsp3) is 0.296. The van der Waals surface area contributed by atoms with Crippen LogP contribution in [0.1, 0.15) is 42.6 Å². The van der Waals surface area contributed by atoms with Gasteiger partial charge in [-0.2, -0.15) is 4.99 Å². The van der Waals surface area contributed by atoms with Gasteiger partial charge in [0.05, 0.1) is 12.3 Å². The number of fused-ring (bicyclic) bond motifs is 7. The van der Waals surface area contributed by atoms with Crippen LogP contribution >= 0.6 is 0 Å². The molecule has 2 aliphatic rings. The molecule has 0 spiro atoms. The first-order chi connectivity index (χ1) is 15.5. The number of carbonyl (C=O) groups excluding carboxylic acids is 1. The van der Waals surface area contributed by atoms with Crippen molar-refractivity contribution in [2.75, 3.05) is 18.1 Å². The molecule has 0 atom stereocenters. The van der Waals surface area contributed by atoms with Crippen LogP contribution in [0.4, 0.5) is 5.69 Å². The molecule has 5 rings (SSSR count). The highest BCUT2D eigenvalue weighted by atomic mass is 16.5. The van der Waals surface area contributed by atoms with Gasteiger partial charge in [0, 0.05) is 36.0 Å². The number of anilines is 1. The van der Waals surface area contributed by atoms with Crippen molar-refractivity contribution in [2.24, 2.45) is 10.4 Å². The molecule has 3 aromatic rings. The molecule has 0 saturated heterocycles. The standard InChI is InChI=1S/C27H27N3O2/c1-27(2)13-7-15-32-24-11-6-4-9-21(24)22-16-20(12-14-28-22)26(31)29-25-17-19-8-3-5-10-23(19)30(25)18-27/h3-6,8-12,14,16H,7,13,15,17-18H2,1-2H3. The SMILES string of the molecule is CC1(C)CCCOc2ccccc2-c2cc(ccn2)C(=O)N=C2Cc3ccccc3N2C1. The molecule has 0 saturated carbocycles. The van der Waals surface area contributed by atoms with Crippen molar-refractivity contribution < 1.29 is 9.53 Å². The highest BCUT2D eigenvalue weighted by Crippen LogP contribution is 2.35. The van der Waals surface area contributed by atoms with E-state index in [0.717, 1.165) is 42.2 Å². The molecule has 162 valence electrons. The minimum absolute atomic E-state index is 0.0312. The maximum Gasteiger partial charge on any atom is 0.278 e. The highest BCUT2D eigenvalue weighted by molar-refractivity contribution is 6.12. The quantitative estimate of drug-likeness (QED) is 0.474. The van der Waals surface area contributed by atoms with Crippen LogP contribution in [0.15, 0.2) is 71.9 Å². The largest absolute Gasteiger partial charge is 0.493 e. The summed E-state index contributed by atoms with van der Waals surface area (Å²) in [5, 5.41) is 0. The number of benzene rings is 2. The molecule has 32 heavy (non-hydrogen) atoms. The number of aliphatic imine (C=N–C) groups is 1. The second kappa shape index (κ2) is 8.23. The lowest BCUT2D eigenvalue weighted by Crippen LogP contribution is -2.37. The third-order valence-electron chi connectivity index (χ3n) is 6.18. The van der Waals surface area contributed by atoms with Crippen LogP contribution in [0, 0.1) is 5.41 Å². The summed E-state index contributed by atoms with van der Waals surface area (Å²) in [6.07, 6.45) is 4.28. The lowest BCUT2D eigenvalue weighted by molar-refractivity contribution is 0.100. The molecular weight excluding hydrogens is 398 g/mol. The Bertz CT molecular complexity index is 1200. The number of carbonyl (C=O) groups is 1. The number of rotatable bonds is 0. The van der Waals surface area contributed by atoms with Gasteiger partial charge in [-0.3, -0.25) is 9.78 Å². The maximum absolute atomic E-state index is 13.2. The van der Waals surface area contributed by atoms with Gasteiger partial charge in [0.25, 0.3) is 5.91 Å². The Morgan fingerprint density at radius 2 is 1.84 bits per heavy atom. The Balaban J connectivity index is 1.59. The summed E-state index contributed by atoms with van der Waals surface area (Å²) in [4.78, 5) is 24.5. The second-order valence-corrected chi connectivity index (χ2v) is 9.27. The number of amides is 1. The van der Waals surface area contributed by atoms with Crippen molar-refractivity contribution in [1.82, 2.24) is 4.98 Å². The molecule has 0 N–H and O–H groups in total. The third kappa shape index (κ3) is 4.03. The smallest absolute Gasteiger partial charge is 0.278 e. The zero-order valence-corrected chi connectivity index (χ0v) is 18.5. The fourth-order valence-electron chi connectivity index (χ4n) is 4.54. The van der Waals surface area contributed by atoms with Crippen molar-refractivity contribution >= 4 is 17.4 Å². The second-order valence-electron chi connectivity index (χ2n) is 9.27. The number of hydrogen-bond acceptors (Lipinski definition) is 4. The molecule has 5 nitrogen and oxygen atoms in total. The van der Waals surface area contributed by atoms with E-state index >= 15 is 0 Å². The van der Waals surface area contributed by atoms with Crippen LogP contribution in [-0.2, 0) is 6.42 Å². The van der Waals surface area contributed by atoms with Crippen LogP contribution in [0.25, 0.3) is 11.3 Å². The summed E-state index contributed by atoms with van der Waals surface area (Å²) >= 11 is 0. The van der Waals surface area contributed by atoms with Gasteiger partial charge in [0.2, 0.25) is 0 Å². The van der Waals surface area contributed by atoms with Gasteiger partial charge < -0.3 is 9.64 Å². The van der Waals surface area contributed by atoms with Gasteiger partial charge in [-0.05, 0) is 54.2 Å². The van der Waals surface area contributed by atoms with Gasteiger partial charge in [-0.15, -0.1) is 0 Å². The average molecular weight is 426 g/mol. The van der Waals surface area contributed by atoms with E-state index in [4.69, 9.17) is 4.74 Å². The van der Waals surface area contributed by atoms with Crippen molar-refractivity contribution in [3.05, 3.63) is 78.0 Å². The summed E-state index contributed by atoms with van der Waals surface area (Å²) in [7, 11) is 0. The fourth-order valence-corrected chi connectivity index (χ4v) is 4.54. The van der Waals surface area contributed by atoms with E-state index in [1.807, 2.05) is 42.5 Å². The number of para-hydroxylation sites is 2. The number of nitrogens with zero attached hydrogens (tertiary/aromatic N) is 3. The Morgan fingerprint density at radius 1 is 1.03 bits per heavy atom. The number of ether oxygens (including phenoxy) is 1. The number of aromatic nitrogens is 1. The summed E-state index contributed by atoms with van der Waals surface area (Å²) in [5.41, 5.74) is 4.53. The molecule has 1 aromatic heterocycles. The first kappa shape index (κ1) is 20.4. The van der Waals surface area contributed by atoms with E-state index in [-0.39, 0.29) is 11.3 Å². The highest BCUT2D eigenvalue weighted by Gasteiger charge is 2.31. The predicted octanol–water partition coefficient (Wildman–Crippen LogP) is 5.55. The molecule has 5 heteroatoms. The average Bonchev–Trinajstić information content (AvgIpc) is 3.13. The zero-order chi connectivity index (χ0) is 22.1. The molecule has 1 amide bonds. The number of pyridine rings is 1. The van der Waals surface area contributed by atoms with E-state index in [9.17, 15) is 4.79 Å². The normalized spacial score (nSPS) is 17.8. The molecule has 0 radical (unpaired) electrons. The van der Waals surface area contributed by atoms with Crippen LogP contribution in [0.2, 0.25) is 0 Å². The van der Waals surface area contributed by atoms with Crippen LogP contribution in [-0.4, -0.2) is 29.9 Å². The molecule has 2 bridgehead atoms. The minimum atomic E-state index is -0.243. The predicted molar refractivity (Wildman–Crippen MR) is 127 cm³/mol. The van der Waals surface area contributed by atoms with Crippen LogP contribution < -0.4 is 9.64 Å². The molecule has 0 unspecified atom stereocenters. The lowest BCUT2D eigenvalue weighted by atomic mass is 9.87. The molecule has 3 heterocycles. The summed E-state index contributed by atoms with van der Waals surface area (Å²) < 4.78 is 6.16. The van der Waals surface area contributed by atoms with Gasteiger partial charge >= 0.3 is 0 Å². The summed E-state index contributed by atoms with van der Waals surface area (Å²) in [6.45, 7) is 5.98.